The van der Waals surface area contributed by atoms with E-state index in [9.17, 15) is 34.8 Å². The zero-order valence-electron chi connectivity index (χ0n) is 15.3. The van der Waals surface area contributed by atoms with Gasteiger partial charge in [0.15, 0.2) is 17.2 Å². The maximum absolute atomic E-state index is 13.2. The number of Topliss-reactive ketones (excluding diaryl/α,β-unsaturated/α-hetero) is 2. The van der Waals surface area contributed by atoms with Crippen LogP contribution < -0.4 is 17.2 Å². The summed E-state index contributed by atoms with van der Waals surface area (Å²) in [6, 6.07) is 1.34. The third-order valence-corrected chi connectivity index (χ3v) is 6.57. The Morgan fingerprint density at radius 1 is 1.14 bits per heavy atom. The molecule has 5 atom stereocenters. The quantitative estimate of drug-likeness (QED) is 0.131. The van der Waals surface area contributed by atoms with Gasteiger partial charge in [-0.3, -0.25) is 14.4 Å². The van der Waals surface area contributed by atoms with Crippen LogP contribution in [0.15, 0.2) is 17.4 Å². The standard InChI is InChI=1S/C19H21N3O7/c20-8-4-9(21)14(24)12-7(8)2-5-1-6-3-10(23)13(18(22)28)17(27)19(6,29)16(26)11(5)15(12)25/h4-6,11,16,24,26-27,29H,1-3,20-21H2,(H2,22,28). The zero-order chi connectivity index (χ0) is 21.4. The third-order valence-electron chi connectivity index (χ3n) is 6.57. The van der Waals surface area contributed by atoms with E-state index >= 15 is 0 Å². The van der Waals surface area contributed by atoms with Gasteiger partial charge in [-0.2, -0.15) is 0 Å². The number of hydrogen-bond acceptors (Lipinski definition) is 9. The van der Waals surface area contributed by atoms with E-state index in [1.54, 1.807) is 0 Å². The number of fused-ring (bicyclic) bond motifs is 3. The number of phenolic OH excluding ortho intramolecular Hbond substituents is 1. The van der Waals surface area contributed by atoms with E-state index in [2.05, 4.69) is 0 Å². The number of hydrogen-bond donors (Lipinski definition) is 7. The van der Waals surface area contributed by atoms with Gasteiger partial charge in [-0.1, -0.05) is 0 Å². The lowest BCUT2D eigenvalue weighted by Gasteiger charge is -2.52. The van der Waals surface area contributed by atoms with Crippen molar-refractivity contribution in [3.05, 3.63) is 28.5 Å². The van der Waals surface area contributed by atoms with Crippen molar-refractivity contribution in [2.75, 3.05) is 11.5 Å². The summed E-state index contributed by atoms with van der Waals surface area (Å²) >= 11 is 0. The van der Waals surface area contributed by atoms with E-state index in [1.807, 2.05) is 0 Å². The van der Waals surface area contributed by atoms with Gasteiger partial charge in [0.1, 0.15) is 23.2 Å². The number of benzene rings is 1. The second-order valence-corrected chi connectivity index (χ2v) is 8.03. The molecule has 1 fully saturated rings. The average molecular weight is 403 g/mol. The third kappa shape index (κ3) is 2.33. The van der Waals surface area contributed by atoms with Crippen LogP contribution in [0.25, 0.3) is 0 Å². The molecule has 10 heteroatoms. The second kappa shape index (κ2) is 5.94. The van der Waals surface area contributed by atoms with E-state index in [-0.39, 0.29) is 36.2 Å². The summed E-state index contributed by atoms with van der Waals surface area (Å²) in [6.07, 6.45) is -1.84. The molecule has 0 spiro atoms. The van der Waals surface area contributed by atoms with E-state index in [0.717, 1.165) is 0 Å². The fourth-order valence-corrected chi connectivity index (χ4v) is 5.19. The SMILES string of the molecule is NC(=O)C1=C(O)C2(O)C(CC1=O)CC1Cc3c(N)cc(N)c(O)c3C(=O)C1C2O. The lowest BCUT2D eigenvalue weighted by atomic mass is 9.55. The highest BCUT2D eigenvalue weighted by Crippen LogP contribution is 2.53. The molecule has 4 rings (SSSR count). The van der Waals surface area contributed by atoms with Gasteiger partial charge in [0.05, 0.1) is 17.2 Å². The van der Waals surface area contributed by atoms with Crippen LogP contribution >= 0.6 is 0 Å². The van der Waals surface area contributed by atoms with Gasteiger partial charge in [0.2, 0.25) is 0 Å². The minimum absolute atomic E-state index is 0.100. The molecule has 10 nitrogen and oxygen atoms in total. The molecule has 0 aliphatic heterocycles. The summed E-state index contributed by atoms with van der Waals surface area (Å²) in [5.41, 5.74) is 14.0. The first-order valence-corrected chi connectivity index (χ1v) is 9.11. The van der Waals surface area contributed by atoms with Crippen LogP contribution in [-0.4, -0.2) is 49.6 Å². The molecule has 1 aromatic rings. The monoisotopic (exact) mass is 403 g/mol. The lowest BCUT2D eigenvalue weighted by Crippen LogP contribution is -2.64. The van der Waals surface area contributed by atoms with Crippen LogP contribution in [0.2, 0.25) is 0 Å². The number of nitrogen functional groups attached to an aromatic ring is 2. The van der Waals surface area contributed by atoms with Crippen molar-refractivity contribution >= 4 is 28.8 Å². The van der Waals surface area contributed by atoms with Crippen molar-refractivity contribution in [2.45, 2.75) is 31.0 Å². The van der Waals surface area contributed by atoms with Gasteiger partial charge in [0, 0.05) is 18.0 Å². The Labute approximate surface area is 164 Å². The van der Waals surface area contributed by atoms with Crippen molar-refractivity contribution < 1.29 is 34.8 Å². The van der Waals surface area contributed by atoms with Gasteiger partial charge >= 0.3 is 0 Å². The van der Waals surface area contributed by atoms with Crippen molar-refractivity contribution in [1.29, 1.82) is 0 Å². The lowest BCUT2D eigenvalue weighted by molar-refractivity contribution is -0.170. The van der Waals surface area contributed by atoms with Crippen LogP contribution in [0.1, 0.15) is 28.8 Å². The van der Waals surface area contributed by atoms with E-state index in [0.29, 0.717) is 5.56 Å². The first-order chi connectivity index (χ1) is 13.5. The molecular weight excluding hydrogens is 382 g/mol. The van der Waals surface area contributed by atoms with Gasteiger partial charge in [-0.15, -0.1) is 0 Å². The van der Waals surface area contributed by atoms with Crippen LogP contribution in [-0.2, 0) is 16.0 Å². The molecule has 5 unspecified atom stereocenters. The van der Waals surface area contributed by atoms with Gasteiger partial charge < -0.3 is 37.6 Å². The molecule has 1 saturated carbocycles. The van der Waals surface area contributed by atoms with Crippen LogP contribution in [0, 0.1) is 17.8 Å². The maximum atomic E-state index is 13.2. The maximum Gasteiger partial charge on any atom is 0.255 e. The number of phenols is 1. The highest BCUT2D eigenvalue weighted by atomic mass is 16.4. The molecule has 0 bridgehead atoms. The number of aliphatic hydroxyl groups excluding tert-OH is 2. The smallest absolute Gasteiger partial charge is 0.255 e. The molecule has 154 valence electrons. The first kappa shape index (κ1) is 19.2. The molecule has 1 amide bonds. The minimum Gasteiger partial charge on any atom is -0.508 e. The number of aliphatic hydroxyl groups is 3. The molecule has 0 saturated heterocycles. The number of anilines is 2. The van der Waals surface area contributed by atoms with Crippen molar-refractivity contribution in [1.82, 2.24) is 0 Å². The Morgan fingerprint density at radius 2 is 1.79 bits per heavy atom. The zero-order valence-corrected chi connectivity index (χ0v) is 15.3. The molecule has 1 aromatic carbocycles. The van der Waals surface area contributed by atoms with Crippen molar-refractivity contribution in [2.24, 2.45) is 23.5 Å². The largest absolute Gasteiger partial charge is 0.508 e. The van der Waals surface area contributed by atoms with Crippen molar-refractivity contribution in [3.63, 3.8) is 0 Å². The number of carbonyl (C=O) groups excluding carboxylic acids is 3. The summed E-state index contributed by atoms with van der Waals surface area (Å²) in [5, 5.41) is 42.9. The molecule has 3 aliphatic rings. The molecule has 10 N–H and O–H groups in total. The topological polar surface area (TPSA) is 210 Å². The highest BCUT2D eigenvalue weighted by molar-refractivity contribution is 6.20. The molecular formula is C19H21N3O7. The second-order valence-electron chi connectivity index (χ2n) is 8.03. The number of amides is 1. The molecule has 0 radical (unpaired) electrons. The van der Waals surface area contributed by atoms with Gasteiger partial charge in [-0.05, 0) is 30.4 Å². The summed E-state index contributed by atoms with van der Waals surface area (Å²) in [6.45, 7) is 0. The molecule has 3 aliphatic carbocycles. The number of carbonyl (C=O) groups is 3. The number of rotatable bonds is 1. The first-order valence-electron chi connectivity index (χ1n) is 9.11. The Kier molecular flexibility index (Phi) is 3.94. The normalized spacial score (nSPS) is 33.7. The van der Waals surface area contributed by atoms with E-state index < -0.39 is 64.0 Å². The van der Waals surface area contributed by atoms with Crippen LogP contribution in [0.3, 0.4) is 0 Å². The highest BCUT2D eigenvalue weighted by Gasteiger charge is 2.62. The fourth-order valence-electron chi connectivity index (χ4n) is 5.19. The van der Waals surface area contributed by atoms with Gasteiger partial charge in [0.25, 0.3) is 5.91 Å². The Hall–Kier alpha value is -3.11. The summed E-state index contributed by atoms with van der Waals surface area (Å²) in [5.74, 6) is -6.76. The van der Waals surface area contributed by atoms with Crippen LogP contribution in [0.5, 0.6) is 5.75 Å². The molecule has 0 aromatic heterocycles. The predicted octanol–water partition coefficient (Wildman–Crippen LogP) is -1.09. The minimum atomic E-state index is -2.39. The van der Waals surface area contributed by atoms with Gasteiger partial charge in [-0.25, -0.2) is 0 Å². The average Bonchev–Trinajstić information content (AvgIpc) is 2.62. The number of aromatic hydroxyl groups is 1. The Morgan fingerprint density at radius 3 is 2.41 bits per heavy atom. The summed E-state index contributed by atoms with van der Waals surface area (Å²) in [4.78, 5) is 37.0. The number of nitrogens with two attached hydrogens (primary N) is 3. The fraction of sp³-hybridized carbons (Fsp3) is 0.421. The molecule has 29 heavy (non-hydrogen) atoms. The Bertz CT molecular complexity index is 1020. The molecule has 0 heterocycles. The van der Waals surface area contributed by atoms with Crippen LogP contribution in [0.4, 0.5) is 11.4 Å². The van der Waals surface area contributed by atoms with E-state index in [1.165, 1.54) is 6.07 Å². The summed E-state index contributed by atoms with van der Waals surface area (Å²) < 4.78 is 0. The van der Waals surface area contributed by atoms with Crippen molar-refractivity contribution in [3.8, 4) is 5.75 Å². The number of primary amides is 1. The van der Waals surface area contributed by atoms with E-state index in [4.69, 9.17) is 17.2 Å². The summed E-state index contributed by atoms with van der Waals surface area (Å²) in [7, 11) is 0. The Balaban J connectivity index is 1.87. The number of ketones is 2. The predicted molar refractivity (Wildman–Crippen MR) is 99.5 cm³/mol.